The minimum atomic E-state index is 0. The van der Waals surface area contributed by atoms with Crippen LogP contribution < -0.4 is 25.1 Å². The third-order valence-electron chi connectivity index (χ3n) is 11.9. The summed E-state index contributed by atoms with van der Waals surface area (Å²) in [4.78, 5) is 26.8. The van der Waals surface area contributed by atoms with Crippen LogP contribution in [0.5, 0.6) is 0 Å². The summed E-state index contributed by atoms with van der Waals surface area (Å²) >= 11 is 3.71. The molecule has 2 aromatic heterocycles. The van der Waals surface area contributed by atoms with Crippen LogP contribution in [0.15, 0.2) is 163 Å². The van der Waals surface area contributed by atoms with Gasteiger partial charge < -0.3 is 30.6 Å². The Kier molecular flexibility index (Phi) is 22.1. The normalized spacial score (nSPS) is 12.1. The van der Waals surface area contributed by atoms with Crippen molar-refractivity contribution in [2.45, 2.75) is 79.1 Å². The Bertz CT molecular complexity index is 2930. The molecule has 4 N–H and O–H groups in total. The van der Waals surface area contributed by atoms with Gasteiger partial charge in [0.15, 0.2) is 0 Å². The van der Waals surface area contributed by atoms with E-state index in [0.29, 0.717) is 23.7 Å². The molecule has 10 nitrogen and oxygen atoms in total. The molecule has 0 saturated heterocycles. The van der Waals surface area contributed by atoms with E-state index >= 15 is 0 Å². The summed E-state index contributed by atoms with van der Waals surface area (Å²) in [5, 5.41) is 0. The van der Waals surface area contributed by atoms with Crippen molar-refractivity contribution in [2.75, 3.05) is 19.6 Å². The summed E-state index contributed by atoms with van der Waals surface area (Å²) in [5.74, 6) is 5.08. The summed E-state index contributed by atoms with van der Waals surface area (Å²) in [5.41, 5.74) is 12.4. The van der Waals surface area contributed by atoms with Gasteiger partial charge in [-0.3, -0.25) is 0 Å². The summed E-state index contributed by atoms with van der Waals surface area (Å²) in [6.45, 7) is 21.7. The van der Waals surface area contributed by atoms with Crippen LogP contribution in [-0.4, -0.2) is 38.7 Å². The standard InChI is InChI=1S/C29H28N4.C23H23BrN4.C6H5B.2Ir.2H2O/c1-20(2)22-10-12-24(13-11-22)32-19-33(29-28(32)30-16-17-31-29)25-14-15-26(21(3)4)27(18-25)23-8-6-5-7-9-23;1-15(2)17-5-7-18(8-6-17)27-14-28(23-22(27)25-11-12-26-23)19-9-10-20(16(3)4)21(24)13-19;7-6-4-2-1-3-5-6;;;;/h5-13,15-21H,1-4H3;5-8,10-16H,1-4H3;1-5H;;;2*1H2/q2*-2;;;;;. The largest absolute Gasteiger partial charge is 0.477 e. The number of anilines is 8. The molecule has 0 aliphatic carbocycles. The fraction of sp³-hybridized carbons (Fsp3) is 0.207. The quantitative estimate of drug-likeness (QED) is 0.103. The van der Waals surface area contributed by atoms with Crippen LogP contribution in [0.2, 0.25) is 0 Å². The van der Waals surface area contributed by atoms with Crippen LogP contribution in [0.25, 0.3) is 11.1 Å². The van der Waals surface area contributed by atoms with Crippen molar-refractivity contribution in [3.05, 3.63) is 210 Å². The number of benzene rings is 6. The Morgan fingerprint density at radius 3 is 1.21 bits per heavy atom. The molecular weight excluding hydrogens is 1320 g/mol. The number of aromatic nitrogens is 4. The molecule has 0 amide bonds. The fourth-order valence-corrected chi connectivity index (χ4v) is 8.81. The number of rotatable bonds is 9. The van der Waals surface area contributed by atoms with E-state index in [4.69, 9.17) is 7.85 Å². The van der Waals surface area contributed by atoms with Crippen LogP contribution >= 0.6 is 15.9 Å². The average molecular weight is 1380 g/mol. The van der Waals surface area contributed by atoms with Crippen molar-refractivity contribution in [1.82, 2.24) is 19.9 Å². The number of hydrogen-bond donors (Lipinski definition) is 0. The van der Waals surface area contributed by atoms with Gasteiger partial charge in [-0.1, -0.05) is 178 Å². The first kappa shape index (κ1) is 59.0. The summed E-state index contributed by atoms with van der Waals surface area (Å²) in [7, 11) is 5.36. The molecule has 2 aliphatic heterocycles. The number of nitrogens with zero attached hydrogens (tertiary/aromatic N) is 8. The van der Waals surface area contributed by atoms with Gasteiger partial charge in [0.05, 0.1) is 0 Å². The van der Waals surface area contributed by atoms with Gasteiger partial charge in [0, 0.05) is 76.4 Å². The van der Waals surface area contributed by atoms with E-state index in [1.165, 1.54) is 33.4 Å². The zero-order chi connectivity index (χ0) is 47.9. The first-order chi connectivity index (χ1) is 32.9. The third kappa shape index (κ3) is 13.5. The van der Waals surface area contributed by atoms with Crippen LogP contribution in [0.3, 0.4) is 0 Å². The second kappa shape index (κ2) is 26.9. The molecule has 376 valence electrons. The molecule has 14 heteroatoms. The zero-order valence-corrected chi connectivity index (χ0v) is 48.1. The van der Waals surface area contributed by atoms with Gasteiger partial charge in [0.2, 0.25) is 0 Å². The van der Waals surface area contributed by atoms with Gasteiger partial charge in [0.1, 0.15) is 31.1 Å². The summed E-state index contributed by atoms with van der Waals surface area (Å²) < 4.78 is 1.08. The number of fused-ring (bicyclic) bond motifs is 2. The van der Waals surface area contributed by atoms with Crippen LogP contribution in [0.1, 0.15) is 101 Å². The first-order valence-electron chi connectivity index (χ1n) is 23.2. The van der Waals surface area contributed by atoms with Crippen LogP contribution in [0, 0.1) is 25.5 Å². The first-order valence-corrected chi connectivity index (χ1v) is 24.0. The molecule has 10 rings (SSSR count). The van der Waals surface area contributed by atoms with Crippen LogP contribution in [-0.2, 0) is 40.2 Å². The third-order valence-corrected chi connectivity index (χ3v) is 12.6. The van der Waals surface area contributed by atoms with Gasteiger partial charge in [-0.25, -0.2) is 19.9 Å². The Morgan fingerprint density at radius 2 is 0.847 bits per heavy atom. The van der Waals surface area contributed by atoms with E-state index in [0.717, 1.165) is 56.0 Å². The molecule has 4 radical (unpaired) electrons. The van der Waals surface area contributed by atoms with Gasteiger partial charge in [-0.15, -0.1) is 53.5 Å². The van der Waals surface area contributed by atoms with Gasteiger partial charge in [-0.05, 0) is 52.8 Å². The van der Waals surface area contributed by atoms with E-state index in [9.17, 15) is 0 Å². The molecule has 0 bridgehead atoms. The molecule has 2 aliphatic rings. The van der Waals surface area contributed by atoms with Crippen molar-refractivity contribution in [2.24, 2.45) is 0 Å². The molecule has 4 heterocycles. The monoisotopic (exact) mass is 1380 g/mol. The topological polar surface area (TPSA) is 128 Å². The molecule has 0 saturated carbocycles. The van der Waals surface area contributed by atoms with E-state index in [1.807, 2.05) is 48.0 Å². The van der Waals surface area contributed by atoms with E-state index in [-0.39, 0.29) is 51.2 Å². The number of hydrogen-bond acceptors (Lipinski definition) is 8. The molecular formula is C58H60BBrIr2N8O2-4. The maximum Gasteiger partial charge on any atom is 0.145 e. The second-order valence-electron chi connectivity index (χ2n) is 18.0. The van der Waals surface area contributed by atoms with Crippen LogP contribution in [0.4, 0.5) is 46.0 Å². The van der Waals surface area contributed by atoms with E-state index < -0.39 is 0 Å². The molecule has 8 aromatic rings. The molecule has 0 atom stereocenters. The predicted molar refractivity (Wildman–Crippen MR) is 293 cm³/mol. The molecule has 0 unspecified atom stereocenters. The van der Waals surface area contributed by atoms with E-state index in [2.05, 4.69) is 222 Å². The van der Waals surface area contributed by atoms with Crippen molar-refractivity contribution in [3.8, 4) is 11.1 Å². The Morgan fingerprint density at radius 1 is 0.472 bits per heavy atom. The van der Waals surface area contributed by atoms with Gasteiger partial charge >= 0.3 is 0 Å². The Balaban J connectivity index is 0.000000264. The van der Waals surface area contributed by atoms with Crippen molar-refractivity contribution in [3.63, 3.8) is 0 Å². The van der Waals surface area contributed by atoms with Gasteiger partial charge in [0.25, 0.3) is 0 Å². The summed E-state index contributed by atoms with van der Waals surface area (Å²) in [6, 6.07) is 52.7. The maximum absolute atomic E-state index is 5.36. The smallest absolute Gasteiger partial charge is 0.145 e. The summed E-state index contributed by atoms with van der Waals surface area (Å²) in [6.07, 6.45) is 6.94. The maximum atomic E-state index is 5.36. The zero-order valence-electron chi connectivity index (χ0n) is 41.7. The Hall–Kier alpha value is -5.56. The SMILES string of the molecule is CC(C)c1ccc(N2[CH-]N(c3[c-]cc(C(C)C)c(-c4ccccc4)c3)c3nccnc32)cc1.CC(C)c1ccc(N2[CH-]N(c3[c-]cc(C(C)C)c(Br)c3)c3nccnc32)cc1.O.O.[B]c1ccccc1.[Ir].[Ir]. The average Bonchev–Trinajstić information content (AvgIpc) is 3.94. The fourth-order valence-electron chi connectivity index (χ4n) is 8.02. The van der Waals surface area contributed by atoms with Crippen molar-refractivity contribution < 1.29 is 51.2 Å². The Labute approximate surface area is 463 Å². The number of halogens is 1. The van der Waals surface area contributed by atoms with Gasteiger partial charge in [-0.2, -0.15) is 24.3 Å². The van der Waals surface area contributed by atoms with E-state index in [1.54, 1.807) is 24.8 Å². The molecule has 6 aromatic carbocycles. The molecule has 0 spiro atoms. The predicted octanol–water partition coefficient (Wildman–Crippen LogP) is 13.1. The second-order valence-corrected chi connectivity index (χ2v) is 18.9. The minimum Gasteiger partial charge on any atom is -0.477 e. The molecule has 0 fully saturated rings. The van der Waals surface area contributed by atoms with Crippen molar-refractivity contribution >= 4 is 75.3 Å². The minimum absolute atomic E-state index is 0. The van der Waals surface area contributed by atoms with Crippen molar-refractivity contribution in [1.29, 1.82) is 0 Å². The molecule has 72 heavy (non-hydrogen) atoms.